The van der Waals surface area contributed by atoms with Gasteiger partial charge >= 0.3 is 0 Å². The van der Waals surface area contributed by atoms with E-state index in [1.54, 1.807) is 11.4 Å². The van der Waals surface area contributed by atoms with Crippen LogP contribution in [0.3, 0.4) is 0 Å². The van der Waals surface area contributed by atoms with Crippen LogP contribution in [0.1, 0.15) is 20.8 Å². The Morgan fingerprint density at radius 3 is 2.81 bits per heavy atom. The summed E-state index contributed by atoms with van der Waals surface area (Å²) in [5.74, 6) is 3.70. The van der Waals surface area contributed by atoms with Crippen molar-refractivity contribution in [2.45, 2.75) is 6.92 Å². The van der Waals surface area contributed by atoms with Crippen molar-refractivity contribution < 1.29 is 13.6 Å². The largest absolute Gasteiger partial charge is 0.320 e. The standard InChI is InChI=1S/C15H12F2N2OS/c1-9-5-13(17)14(7-12(9)16)19-15(20)10-6-11(21-8-10)3-2-4-18/h5-8H,4,18H2,1H3,(H,19,20). The van der Waals surface area contributed by atoms with E-state index < -0.39 is 17.5 Å². The Morgan fingerprint density at radius 2 is 2.10 bits per heavy atom. The summed E-state index contributed by atoms with van der Waals surface area (Å²) in [7, 11) is 0. The van der Waals surface area contributed by atoms with Crippen LogP contribution >= 0.6 is 11.3 Å². The molecule has 2 aromatic rings. The number of nitrogens with two attached hydrogens (primary N) is 1. The molecule has 1 aromatic carbocycles. The minimum absolute atomic E-state index is 0.181. The Hall–Kier alpha value is -2.23. The second kappa shape index (κ2) is 6.48. The lowest BCUT2D eigenvalue weighted by Crippen LogP contribution is -2.12. The van der Waals surface area contributed by atoms with Crippen LogP contribution in [0.25, 0.3) is 0 Å². The molecule has 3 nitrogen and oxygen atoms in total. The Kier molecular flexibility index (Phi) is 4.68. The number of amides is 1. The normalized spacial score (nSPS) is 9.90. The van der Waals surface area contributed by atoms with Gasteiger partial charge in [0.15, 0.2) is 0 Å². The number of halogens is 2. The molecule has 0 aliphatic carbocycles. The number of hydrogen-bond donors (Lipinski definition) is 2. The zero-order chi connectivity index (χ0) is 15.4. The first-order valence-electron chi connectivity index (χ1n) is 6.05. The van der Waals surface area contributed by atoms with Crippen LogP contribution in [0.4, 0.5) is 14.5 Å². The third-order valence-electron chi connectivity index (χ3n) is 2.67. The van der Waals surface area contributed by atoms with Crippen LogP contribution in [-0.4, -0.2) is 12.5 Å². The van der Waals surface area contributed by atoms with E-state index in [-0.39, 0.29) is 17.8 Å². The molecule has 0 spiro atoms. The van der Waals surface area contributed by atoms with Gasteiger partial charge in [-0.15, -0.1) is 11.3 Å². The summed E-state index contributed by atoms with van der Waals surface area (Å²) in [6.45, 7) is 1.68. The molecule has 1 aromatic heterocycles. The Morgan fingerprint density at radius 1 is 1.33 bits per heavy atom. The van der Waals surface area contributed by atoms with Gasteiger partial charge in [-0.3, -0.25) is 4.79 Å². The van der Waals surface area contributed by atoms with E-state index in [1.807, 2.05) is 0 Å². The monoisotopic (exact) mass is 306 g/mol. The summed E-state index contributed by atoms with van der Waals surface area (Å²) >= 11 is 1.28. The second-order valence-corrected chi connectivity index (χ2v) is 5.15. The number of rotatable bonds is 2. The third-order valence-corrected chi connectivity index (χ3v) is 3.52. The molecule has 0 aliphatic heterocycles. The summed E-state index contributed by atoms with van der Waals surface area (Å²) in [4.78, 5) is 12.7. The van der Waals surface area contributed by atoms with Gasteiger partial charge in [0.2, 0.25) is 0 Å². The third kappa shape index (κ3) is 3.66. The van der Waals surface area contributed by atoms with E-state index in [2.05, 4.69) is 17.2 Å². The number of nitrogens with one attached hydrogen (secondary N) is 1. The first-order valence-corrected chi connectivity index (χ1v) is 6.93. The number of thiophene rings is 1. The fourth-order valence-corrected chi connectivity index (χ4v) is 2.35. The smallest absolute Gasteiger partial charge is 0.256 e. The molecule has 0 atom stereocenters. The fraction of sp³-hybridized carbons (Fsp3) is 0.133. The molecular formula is C15H12F2N2OS. The summed E-state index contributed by atoms with van der Waals surface area (Å²) in [5, 5.41) is 3.94. The van der Waals surface area contributed by atoms with E-state index in [0.29, 0.717) is 10.4 Å². The number of carbonyl (C=O) groups excluding carboxylic acids is 1. The topological polar surface area (TPSA) is 55.1 Å². The van der Waals surface area contributed by atoms with Crippen molar-refractivity contribution >= 4 is 22.9 Å². The fourth-order valence-electron chi connectivity index (χ4n) is 1.60. The minimum Gasteiger partial charge on any atom is -0.320 e. The molecule has 0 fully saturated rings. The minimum atomic E-state index is -0.680. The van der Waals surface area contributed by atoms with E-state index in [1.165, 1.54) is 18.3 Å². The van der Waals surface area contributed by atoms with Crippen LogP contribution in [0.2, 0.25) is 0 Å². The van der Waals surface area contributed by atoms with Crippen LogP contribution in [-0.2, 0) is 0 Å². The highest BCUT2D eigenvalue weighted by atomic mass is 32.1. The number of anilines is 1. The molecule has 3 N–H and O–H groups in total. The van der Waals surface area contributed by atoms with Gasteiger partial charge in [0.05, 0.1) is 22.7 Å². The van der Waals surface area contributed by atoms with Crippen LogP contribution in [0.15, 0.2) is 23.6 Å². The SMILES string of the molecule is Cc1cc(F)c(NC(=O)c2csc(C#CCN)c2)cc1F. The summed E-state index contributed by atoms with van der Waals surface area (Å²) in [6.07, 6.45) is 0. The van der Waals surface area contributed by atoms with Gasteiger partial charge in [0.25, 0.3) is 5.91 Å². The maximum absolute atomic E-state index is 13.7. The Bertz CT molecular complexity index is 744. The highest BCUT2D eigenvalue weighted by molar-refractivity contribution is 7.10. The van der Waals surface area contributed by atoms with Crippen molar-refractivity contribution in [3.63, 3.8) is 0 Å². The van der Waals surface area contributed by atoms with Gasteiger partial charge in [-0.05, 0) is 24.6 Å². The number of benzene rings is 1. The van der Waals surface area contributed by atoms with Gasteiger partial charge in [-0.2, -0.15) is 0 Å². The molecule has 0 saturated carbocycles. The molecule has 0 radical (unpaired) electrons. The average Bonchev–Trinajstić information content (AvgIpc) is 2.91. The van der Waals surface area contributed by atoms with Crippen molar-refractivity contribution in [2.75, 3.05) is 11.9 Å². The van der Waals surface area contributed by atoms with Gasteiger partial charge in [-0.1, -0.05) is 11.8 Å². The molecule has 0 saturated heterocycles. The lowest BCUT2D eigenvalue weighted by atomic mass is 10.2. The maximum atomic E-state index is 13.7. The molecule has 2 rings (SSSR count). The van der Waals surface area contributed by atoms with Gasteiger partial charge in [0.1, 0.15) is 11.6 Å². The average molecular weight is 306 g/mol. The first-order chi connectivity index (χ1) is 10.0. The van der Waals surface area contributed by atoms with Crippen molar-refractivity contribution in [1.82, 2.24) is 0 Å². The second-order valence-electron chi connectivity index (χ2n) is 4.24. The van der Waals surface area contributed by atoms with Crippen molar-refractivity contribution in [3.8, 4) is 11.8 Å². The predicted molar refractivity (Wildman–Crippen MR) is 79.3 cm³/mol. The van der Waals surface area contributed by atoms with Crippen LogP contribution in [0.5, 0.6) is 0 Å². The molecule has 0 aliphatic rings. The van der Waals surface area contributed by atoms with Crippen molar-refractivity contribution in [3.05, 3.63) is 51.2 Å². The lowest BCUT2D eigenvalue weighted by molar-refractivity contribution is 0.102. The molecule has 0 bridgehead atoms. The molecule has 0 unspecified atom stereocenters. The highest BCUT2D eigenvalue weighted by Gasteiger charge is 2.13. The van der Waals surface area contributed by atoms with Gasteiger partial charge < -0.3 is 11.1 Å². The summed E-state index contributed by atoms with van der Waals surface area (Å²) < 4.78 is 27.1. The molecule has 6 heteroatoms. The van der Waals surface area contributed by atoms with Crippen LogP contribution in [0, 0.1) is 30.4 Å². The van der Waals surface area contributed by atoms with Gasteiger partial charge in [0, 0.05) is 11.4 Å². The molecular weight excluding hydrogens is 294 g/mol. The summed E-state index contributed by atoms with van der Waals surface area (Å²) in [5.41, 5.74) is 5.59. The number of carbonyl (C=O) groups is 1. The first kappa shape index (κ1) is 15.2. The zero-order valence-corrected chi connectivity index (χ0v) is 12.0. The van der Waals surface area contributed by atoms with E-state index in [0.717, 1.165) is 12.1 Å². The Balaban J connectivity index is 2.18. The van der Waals surface area contributed by atoms with Crippen LogP contribution < -0.4 is 11.1 Å². The molecule has 21 heavy (non-hydrogen) atoms. The molecule has 1 amide bonds. The van der Waals surface area contributed by atoms with E-state index in [4.69, 9.17) is 5.73 Å². The van der Waals surface area contributed by atoms with E-state index in [9.17, 15) is 13.6 Å². The molecule has 1 heterocycles. The number of hydrogen-bond acceptors (Lipinski definition) is 3. The van der Waals surface area contributed by atoms with Crippen molar-refractivity contribution in [2.24, 2.45) is 5.73 Å². The maximum Gasteiger partial charge on any atom is 0.256 e. The molecule has 108 valence electrons. The van der Waals surface area contributed by atoms with Gasteiger partial charge in [-0.25, -0.2) is 8.78 Å². The predicted octanol–water partition coefficient (Wildman–Crippen LogP) is 2.90. The van der Waals surface area contributed by atoms with Crippen molar-refractivity contribution in [1.29, 1.82) is 0 Å². The zero-order valence-electron chi connectivity index (χ0n) is 11.2. The lowest BCUT2D eigenvalue weighted by Gasteiger charge is -2.06. The Labute approximate surface area is 124 Å². The highest BCUT2D eigenvalue weighted by Crippen LogP contribution is 2.21. The summed E-state index contributed by atoms with van der Waals surface area (Å²) in [6, 6.07) is 3.58. The van der Waals surface area contributed by atoms with E-state index >= 15 is 0 Å². The number of aryl methyl sites for hydroxylation is 1. The quantitative estimate of drug-likeness (QED) is 0.838.